The number of benzene rings is 1. The lowest BCUT2D eigenvalue weighted by Gasteiger charge is -2.06. The van der Waals surface area contributed by atoms with E-state index in [4.69, 9.17) is 27.7 Å². The van der Waals surface area contributed by atoms with Crippen LogP contribution < -0.4 is 4.72 Å². The van der Waals surface area contributed by atoms with Crippen LogP contribution in [0, 0.1) is 6.92 Å². The fraction of sp³-hybridized carbons (Fsp3) is 0.182. The number of hydrogen-bond acceptors (Lipinski definition) is 4. The summed E-state index contributed by atoms with van der Waals surface area (Å²) >= 11 is 11.5. The Bertz CT molecular complexity index is 698. The van der Waals surface area contributed by atoms with Crippen molar-refractivity contribution in [3.05, 3.63) is 45.8 Å². The van der Waals surface area contributed by atoms with Crippen LogP contribution in [0.3, 0.4) is 0 Å². The molecule has 0 fully saturated rings. The van der Waals surface area contributed by atoms with E-state index >= 15 is 0 Å². The van der Waals surface area contributed by atoms with E-state index in [0.29, 0.717) is 16.5 Å². The van der Waals surface area contributed by atoms with E-state index < -0.39 is 10.0 Å². The average molecular weight is 321 g/mol. The van der Waals surface area contributed by atoms with Crippen LogP contribution in [0.5, 0.6) is 0 Å². The molecule has 0 spiro atoms. The predicted molar refractivity (Wildman–Crippen MR) is 71.7 cm³/mol. The number of aryl methyl sites for hydroxylation is 1. The minimum absolute atomic E-state index is 0.0416. The molecule has 0 radical (unpaired) electrons. The zero-order valence-electron chi connectivity index (χ0n) is 9.85. The van der Waals surface area contributed by atoms with Gasteiger partial charge < -0.3 is 4.52 Å². The number of halogens is 2. The van der Waals surface area contributed by atoms with E-state index in [2.05, 4.69) is 9.88 Å². The van der Waals surface area contributed by atoms with Crippen molar-refractivity contribution in [3.8, 4) is 0 Å². The molecule has 1 aromatic carbocycles. The van der Waals surface area contributed by atoms with Crippen LogP contribution in [-0.4, -0.2) is 13.6 Å². The summed E-state index contributed by atoms with van der Waals surface area (Å²) in [6, 6.07) is 5.75. The summed E-state index contributed by atoms with van der Waals surface area (Å²) in [5.74, 6) is 0.615. The Balaban J connectivity index is 2.16. The second kappa shape index (κ2) is 5.50. The summed E-state index contributed by atoms with van der Waals surface area (Å²) in [5, 5.41) is 4.18. The molecule has 8 heteroatoms. The van der Waals surface area contributed by atoms with Crippen molar-refractivity contribution in [2.45, 2.75) is 18.4 Å². The van der Waals surface area contributed by atoms with Crippen molar-refractivity contribution in [2.24, 2.45) is 0 Å². The van der Waals surface area contributed by atoms with Crippen molar-refractivity contribution in [3.63, 3.8) is 0 Å². The van der Waals surface area contributed by atoms with Crippen LogP contribution in [0.15, 0.2) is 33.7 Å². The Morgan fingerprint density at radius 3 is 2.58 bits per heavy atom. The molecule has 1 N–H and O–H groups in total. The minimum atomic E-state index is -3.66. The molecule has 0 saturated heterocycles. The Hall–Kier alpha value is -1.08. The largest absolute Gasteiger partial charge is 0.361 e. The predicted octanol–water partition coefficient (Wildman–Crippen LogP) is 2.77. The Kier molecular flexibility index (Phi) is 4.15. The van der Waals surface area contributed by atoms with Crippen LogP contribution in [0.1, 0.15) is 11.5 Å². The lowest BCUT2D eigenvalue weighted by atomic mass is 10.4. The first-order valence-corrected chi connectivity index (χ1v) is 7.49. The van der Waals surface area contributed by atoms with Gasteiger partial charge in [-0.3, -0.25) is 0 Å². The molecule has 2 rings (SSSR count). The van der Waals surface area contributed by atoms with Crippen molar-refractivity contribution in [1.29, 1.82) is 0 Å². The summed E-state index contributed by atoms with van der Waals surface area (Å²) < 4.78 is 31.3. The van der Waals surface area contributed by atoms with Gasteiger partial charge in [0.1, 0.15) is 5.76 Å². The zero-order valence-corrected chi connectivity index (χ0v) is 12.2. The number of sulfonamides is 1. The lowest BCUT2D eigenvalue weighted by Crippen LogP contribution is -2.23. The molecule has 0 aliphatic rings. The summed E-state index contributed by atoms with van der Waals surface area (Å²) in [6.45, 7) is 1.77. The number of rotatable bonds is 4. The Labute approximate surface area is 120 Å². The molecule has 0 bridgehead atoms. The van der Waals surface area contributed by atoms with E-state index in [-0.39, 0.29) is 16.5 Å². The summed E-state index contributed by atoms with van der Waals surface area (Å²) in [7, 11) is -3.66. The van der Waals surface area contributed by atoms with Crippen molar-refractivity contribution in [2.75, 3.05) is 0 Å². The van der Waals surface area contributed by atoms with Gasteiger partial charge in [-0.2, -0.15) is 0 Å². The number of hydrogen-bond donors (Lipinski definition) is 1. The van der Waals surface area contributed by atoms with Gasteiger partial charge in [-0.1, -0.05) is 28.4 Å². The van der Waals surface area contributed by atoms with E-state index in [9.17, 15) is 8.42 Å². The van der Waals surface area contributed by atoms with Gasteiger partial charge in [0, 0.05) is 6.07 Å². The maximum atomic E-state index is 12.0. The topological polar surface area (TPSA) is 72.2 Å². The third kappa shape index (κ3) is 3.48. The molecule has 102 valence electrons. The maximum Gasteiger partial charge on any atom is 0.240 e. The number of aromatic nitrogens is 1. The first-order chi connectivity index (χ1) is 8.88. The quantitative estimate of drug-likeness (QED) is 0.940. The van der Waals surface area contributed by atoms with Gasteiger partial charge in [0.15, 0.2) is 0 Å². The van der Waals surface area contributed by atoms with Gasteiger partial charge in [0.05, 0.1) is 27.2 Å². The Morgan fingerprint density at radius 2 is 2.00 bits per heavy atom. The third-order valence-corrected chi connectivity index (χ3v) is 4.46. The van der Waals surface area contributed by atoms with E-state index in [1.165, 1.54) is 18.2 Å². The van der Waals surface area contributed by atoms with Crippen LogP contribution >= 0.6 is 23.2 Å². The van der Waals surface area contributed by atoms with Gasteiger partial charge in [-0.05, 0) is 25.1 Å². The van der Waals surface area contributed by atoms with E-state index in [1.54, 1.807) is 13.0 Å². The average Bonchev–Trinajstić information content (AvgIpc) is 2.76. The molecule has 0 unspecified atom stereocenters. The highest BCUT2D eigenvalue weighted by molar-refractivity contribution is 7.89. The Morgan fingerprint density at radius 1 is 1.26 bits per heavy atom. The fourth-order valence-electron chi connectivity index (χ4n) is 1.40. The molecule has 0 aliphatic heterocycles. The van der Waals surface area contributed by atoms with E-state index in [1.807, 2.05) is 0 Å². The normalized spacial score (nSPS) is 11.7. The van der Waals surface area contributed by atoms with Crippen molar-refractivity contribution < 1.29 is 12.9 Å². The molecular formula is C11H10Cl2N2O3S. The van der Waals surface area contributed by atoms with Gasteiger partial charge in [-0.15, -0.1) is 0 Å². The standard InChI is InChI=1S/C11H10Cl2N2O3S/c1-7-4-8(15-18-7)6-14-19(16,17)9-2-3-10(12)11(13)5-9/h2-5,14H,6H2,1H3. The highest BCUT2D eigenvalue weighted by atomic mass is 35.5. The summed E-state index contributed by atoms with van der Waals surface area (Å²) in [5.41, 5.74) is 0.501. The molecule has 5 nitrogen and oxygen atoms in total. The first-order valence-electron chi connectivity index (χ1n) is 5.25. The highest BCUT2D eigenvalue weighted by Crippen LogP contribution is 2.24. The van der Waals surface area contributed by atoms with E-state index in [0.717, 1.165) is 0 Å². The van der Waals surface area contributed by atoms with Gasteiger partial charge in [-0.25, -0.2) is 13.1 Å². The third-order valence-electron chi connectivity index (χ3n) is 2.32. The van der Waals surface area contributed by atoms with Crippen LogP contribution in [-0.2, 0) is 16.6 Å². The first kappa shape index (κ1) is 14.3. The zero-order chi connectivity index (χ0) is 14.0. The minimum Gasteiger partial charge on any atom is -0.361 e. The summed E-state index contributed by atoms with van der Waals surface area (Å²) in [4.78, 5) is 0.0436. The highest BCUT2D eigenvalue weighted by Gasteiger charge is 2.16. The molecule has 0 atom stereocenters. The molecule has 1 aromatic heterocycles. The fourth-order valence-corrected chi connectivity index (χ4v) is 2.79. The second-order valence-electron chi connectivity index (χ2n) is 3.83. The molecule has 2 aromatic rings. The monoisotopic (exact) mass is 320 g/mol. The SMILES string of the molecule is Cc1cc(CNS(=O)(=O)c2ccc(Cl)c(Cl)c2)no1. The van der Waals surface area contributed by atoms with Crippen LogP contribution in [0.25, 0.3) is 0 Å². The maximum absolute atomic E-state index is 12.0. The van der Waals surface area contributed by atoms with Gasteiger partial charge in [0.25, 0.3) is 0 Å². The van der Waals surface area contributed by atoms with Crippen molar-refractivity contribution >= 4 is 33.2 Å². The van der Waals surface area contributed by atoms with Crippen LogP contribution in [0.2, 0.25) is 10.0 Å². The van der Waals surface area contributed by atoms with Crippen LogP contribution in [0.4, 0.5) is 0 Å². The smallest absolute Gasteiger partial charge is 0.240 e. The molecule has 0 saturated carbocycles. The molecular weight excluding hydrogens is 311 g/mol. The summed E-state index contributed by atoms with van der Waals surface area (Å²) in [6.07, 6.45) is 0. The number of nitrogens with zero attached hydrogens (tertiary/aromatic N) is 1. The lowest BCUT2D eigenvalue weighted by molar-refractivity contribution is 0.390. The molecule has 1 heterocycles. The molecule has 0 aliphatic carbocycles. The number of nitrogens with one attached hydrogen (secondary N) is 1. The second-order valence-corrected chi connectivity index (χ2v) is 6.41. The van der Waals surface area contributed by atoms with Crippen molar-refractivity contribution in [1.82, 2.24) is 9.88 Å². The molecule has 19 heavy (non-hydrogen) atoms. The van der Waals surface area contributed by atoms with Gasteiger partial charge >= 0.3 is 0 Å². The molecule has 0 amide bonds. The van der Waals surface area contributed by atoms with Gasteiger partial charge in [0.2, 0.25) is 10.0 Å².